The number of carbonyl (C=O) groups excluding carboxylic acids is 1. The Bertz CT molecular complexity index is 254. The van der Waals surface area contributed by atoms with Crippen LogP contribution in [0.3, 0.4) is 0 Å². The third-order valence-electron chi connectivity index (χ3n) is 2.10. The lowest BCUT2D eigenvalue weighted by Gasteiger charge is -2.10. The van der Waals surface area contributed by atoms with Crippen LogP contribution in [0.15, 0.2) is 12.4 Å². The highest BCUT2D eigenvalue weighted by molar-refractivity contribution is 5.38. The standard InChI is InChI=1S/C8H10N2O2/c11-5-12-8(6-1-2-6)7-3-9-10-4-7/h3-6,8H,1-2H2,(H,9,10). The van der Waals surface area contributed by atoms with Crippen molar-refractivity contribution < 1.29 is 9.53 Å². The summed E-state index contributed by atoms with van der Waals surface area (Å²) in [6.07, 6.45) is 5.67. The molecule has 1 unspecified atom stereocenters. The summed E-state index contributed by atoms with van der Waals surface area (Å²) in [7, 11) is 0. The van der Waals surface area contributed by atoms with Gasteiger partial charge in [-0.15, -0.1) is 0 Å². The molecule has 64 valence electrons. The van der Waals surface area contributed by atoms with Crippen molar-refractivity contribution >= 4 is 6.47 Å². The molecule has 0 radical (unpaired) electrons. The predicted octanol–water partition coefficient (Wildman–Crippen LogP) is 1.03. The number of H-pyrrole nitrogens is 1. The van der Waals surface area contributed by atoms with Crippen LogP contribution in [0.2, 0.25) is 0 Å². The SMILES string of the molecule is O=COC(c1cn[nH]c1)C1CC1. The van der Waals surface area contributed by atoms with Gasteiger partial charge < -0.3 is 4.74 Å². The Morgan fingerprint density at radius 3 is 3.08 bits per heavy atom. The zero-order chi connectivity index (χ0) is 8.39. The van der Waals surface area contributed by atoms with E-state index in [-0.39, 0.29) is 6.10 Å². The van der Waals surface area contributed by atoms with E-state index < -0.39 is 0 Å². The molecule has 1 saturated carbocycles. The quantitative estimate of drug-likeness (QED) is 0.680. The summed E-state index contributed by atoms with van der Waals surface area (Å²) < 4.78 is 4.97. The Hall–Kier alpha value is -1.32. The summed E-state index contributed by atoms with van der Waals surface area (Å²) in [5.74, 6) is 0.507. The highest BCUT2D eigenvalue weighted by atomic mass is 16.5. The van der Waals surface area contributed by atoms with Gasteiger partial charge in [-0.05, 0) is 12.8 Å². The van der Waals surface area contributed by atoms with E-state index in [1.54, 1.807) is 12.4 Å². The van der Waals surface area contributed by atoms with Crippen molar-refractivity contribution in [2.45, 2.75) is 18.9 Å². The molecule has 0 amide bonds. The molecule has 1 aromatic heterocycles. The first-order chi connectivity index (χ1) is 5.92. The van der Waals surface area contributed by atoms with Crippen molar-refractivity contribution in [1.82, 2.24) is 10.2 Å². The van der Waals surface area contributed by atoms with Crippen LogP contribution in [0.5, 0.6) is 0 Å². The molecule has 1 aliphatic carbocycles. The highest BCUT2D eigenvalue weighted by Crippen LogP contribution is 2.42. The fraction of sp³-hybridized carbons (Fsp3) is 0.500. The fourth-order valence-electron chi connectivity index (χ4n) is 1.34. The molecule has 0 spiro atoms. The molecule has 1 fully saturated rings. The van der Waals surface area contributed by atoms with Gasteiger partial charge in [0.2, 0.25) is 0 Å². The molecule has 4 nitrogen and oxygen atoms in total. The van der Waals surface area contributed by atoms with Crippen LogP contribution in [0.4, 0.5) is 0 Å². The minimum Gasteiger partial charge on any atom is -0.459 e. The number of rotatable bonds is 4. The molecule has 0 saturated heterocycles. The number of aromatic nitrogens is 2. The number of nitrogens with zero attached hydrogens (tertiary/aromatic N) is 1. The molecule has 1 heterocycles. The van der Waals surface area contributed by atoms with Crippen LogP contribution in [-0.4, -0.2) is 16.7 Å². The molecular formula is C8H10N2O2. The van der Waals surface area contributed by atoms with Gasteiger partial charge in [0.05, 0.1) is 6.20 Å². The first-order valence-corrected chi connectivity index (χ1v) is 3.99. The summed E-state index contributed by atoms with van der Waals surface area (Å²) in [6.45, 7) is 0.510. The van der Waals surface area contributed by atoms with E-state index in [1.807, 2.05) is 0 Å². The van der Waals surface area contributed by atoms with Crippen molar-refractivity contribution in [2.75, 3.05) is 0 Å². The van der Waals surface area contributed by atoms with Gasteiger partial charge in [-0.3, -0.25) is 9.89 Å². The van der Waals surface area contributed by atoms with Gasteiger partial charge in [-0.2, -0.15) is 5.10 Å². The topological polar surface area (TPSA) is 55.0 Å². The van der Waals surface area contributed by atoms with Gasteiger partial charge in [-0.1, -0.05) is 0 Å². The second kappa shape index (κ2) is 2.97. The maximum absolute atomic E-state index is 10.2. The van der Waals surface area contributed by atoms with Crippen LogP contribution >= 0.6 is 0 Å². The van der Waals surface area contributed by atoms with E-state index >= 15 is 0 Å². The van der Waals surface area contributed by atoms with E-state index in [0.29, 0.717) is 12.4 Å². The van der Waals surface area contributed by atoms with E-state index in [9.17, 15) is 4.79 Å². The smallest absolute Gasteiger partial charge is 0.293 e. The number of hydrogen-bond acceptors (Lipinski definition) is 3. The third kappa shape index (κ3) is 1.32. The Balaban J connectivity index is 2.10. The van der Waals surface area contributed by atoms with E-state index in [1.165, 1.54) is 0 Å². The fourth-order valence-corrected chi connectivity index (χ4v) is 1.34. The zero-order valence-electron chi connectivity index (χ0n) is 6.56. The monoisotopic (exact) mass is 166 g/mol. The van der Waals surface area contributed by atoms with Crippen LogP contribution in [-0.2, 0) is 9.53 Å². The maximum atomic E-state index is 10.2. The third-order valence-corrected chi connectivity index (χ3v) is 2.10. The Labute approximate surface area is 69.9 Å². The summed E-state index contributed by atoms with van der Waals surface area (Å²) >= 11 is 0. The number of ether oxygens (including phenoxy) is 1. The molecule has 2 rings (SSSR count). The van der Waals surface area contributed by atoms with Gasteiger partial charge >= 0.3 is 0 Å². The van der Waals surface area contributed by atoms with Gasteiger partial charge in [-0.25, -0.2) is 0 Å². The summed E-state index contributed by atoms with van der Waals surface area (Å²) in [5, 5.41) is 6.52. The second-order valence-electron chi connectivity index (χ2n) is 3.02. The largest absolute Gasteiger partial charge is 0.459 e. The second-order valence-corrected chi connectivity index (χ2v) is 3.02. The molecule has 1 aromatic rings. The van der Waals surface area contributed by atoms with E-state index in [0.717, 1.165) is 18.4 Å². The number of aromatic amines is 1. The predicted molar refractivity (Wildman–Crippen MR) is 41.2 cm³/mol. The maximum Gasteiger partial charge on any atom is 0.293 e. The van der Waals surface area contributed by atoms with Crippen molar-refractivity contribution in [3.8, 4) is 0 Å². The van der Waals surface area contributed by atoms with Crippen LogP contribution < -0.4 is 0 Å². The molecular weight excluding hydrogens is 156 g/mol. The van der Waals surface area contributed by atoms with Crippen LogP contribution in [0, 0.1) is 5.92 Å². The van der Waals surface area contributed by atoms with Crippen molar-refractivity contribution in [3.05, 3.63) is 18.0 Å². The van der Waals surface area contributed by atoms with Gasteiger partial charge in [0.15, 0.2) is 0 Å². The summed E-state index contributed by atoms with van der Waals surface area (Å²) in [5.41, 5.74) is 0.963. The van der Waals surface area contributed by atoms with Crippen molar-refractivity contribution in [2.24, 2.45) is 5.92 Å². The van der Waals surface area contributed by atoms with Crippen LogP contribution in [0.25, 0.3) is 0 Å². The summed E-state index contributed by atoms with van der Waals surface area (Å²) in [6, 6.07) is 0. The number of carbonyl (C=O) groups is 1. The number of hydrogen-bond donors (Lipinski definition) is 1. The molecule has 4 heteroatoms. The first-order valence-electron chi connectivity index (χ1n) is 3.99. The van der Waals surface area contributed by atoms with E-state index in [4.69, 9.17) is 4.74 Å². The molecule has 1 aliphatic rings. The lowest BCUT2D eigenvalue weighted by molar-refractivity contribution is -0.134. The minimum absolute atomic E-state index is 0.0822. The van der Waals surface area contributed by atoms with Crippen molar-refractivity contribution in [3.63, 3.8) is 0 Å². The Morgan fingerprint density at radius 2 is 2.58 bits per heavy atom. The molecule has 1 atom stereocenters. The summed E-state index contributed by atoms with van der Waals surface area (Å²) in [4.78, 5) is 10.2. The average Bonchev–Trinajstić information content (AvgIpc) is 2.77. The Morgan fingerprint density at radius 1 is 1.75 bits per heavy atom. The lowest BCUT2D eigenvalue weighted by Crippen LogP contribution is -2.04. The highest BCUT2D eigenvalue weighted by Gasteiger charge is 2.34. The van der Waals surface area contributed by atoms with Gasteiger partial charge in [0.25, 0.3) is 6.47 Å². The lowest BCUT2D eigenvalue weighted by atomic mass is 10.1. The van der Waals surface area contributed by atoms with Crippen molar-refractivity contribution in [1.29, 1.82) is 0 Å². The number of nitrogens with one attached hydrogen (secondary N) is 1. The van der Waals surface area contributed by atoms with E-state index in [2.05, 4.69) is 10.2 Å². The van der Waals surface area contributed by atoms with Gasteiger partial charge in [0, 0.05) is 17.7 Å². The average molecular weight is 166 g/mol. The molecule has 1 N–H and O–H groups in total. The Kier molecular flexibility index (Phi) is 1.81. The van der Waals surface area contributed by atoms with Crippen LogP contribution in [0.1, 0.15) is 24.5 Å². The molecule has 0 bridgehead atoms. The van der Waals surface area contributed by atoms with Gasteiger partial charge in [0.1, 0.15) is 6.10 Å². The zero-order valence-corrected chi connectivity index (χ0v) is 6.56. The minimum atomic E-state index is -0.0822. The normalized spacial score (nSPS) is 18.7. The first kappa shape index (κ1) is 7.34. The molecule has 0 aliphatic heterocycles. The molecule has 0 aromatic carbocycles. The molecule has 12 heavy (non-hydrogen) atoms.